The Kier molecular flexibility index (Phi) is 4.81. The van der Waals surface area contributed by atoms with E-state index in [4.69, 9.17) is 17.3 Å². The molecule has 0 saturated heterocycles. The van der Waals surface area contributed by atoms with Gasteiger partial charge in [-0.05, 0) is 25.1 Å². The molecule has 3 N–H and O–H groups in total. The summed E-state index contributed by atoms with van der Waals surface area (Å²) in [6.45, 7) is 1.79. The average molecular weight is 309 g/mol. The SMILES string of the molecule is CC(Sc1cnccn1)C(=O)Nc1ccc(Cl)cc1N. The van der Waals surface area contributed by atoms with E-state index >= 15 is 0 Å². The maximum absolute atomic E-state index is 12.1. The second-order valence-electron chi connectivity index (χ2n) is 4.02. The van der Waals surface area contributed by atoms with Gasteiger partial charge < -0.3 is 11.1 Å². The Balaban J connectivity index is 2.01. The van der Waals surface area contributed by atoms with E-state index in [0.717, 1.165) is 0 Å². The van der Waals surface area contributed by atoms with Crippen LogP contribution in [0.5, 0.6) is 0 Å². The molecular formula is C13H13ClN4OS. The van der Waals surface area contributed by atoms with Crippen molar-refractivity contribution in [2.75, 3.05) is 11.1 Å². The molecule has 0 spiro atoms. The van der Waals surface area contributed by atoms with Gasteiger partial charge in [0.2, 0.25) is 5.91 Å². The highest BCUT2D eigenvalue weighted by Crippen LogP contribution is 2.25. The van der Waals surface area contributed by atoms with Gasteiger partial charge >= 0.3 is 0 Å². The van der Waals surface area contributed by atoms with Crippen molar-refractivity contribution in [2.24, 2.45) is 0 Å². The van der Waals surface area contributed by atoms with Crippen LogP contribution in [0, 0.1) is 0 Å². The van der Waals surface area contributed by atoms with E-state index in [1.165, 1.54) is 11.8 Å². The van der Waals surface area contributed by atoms with Crippen LogP contribution in [0.1, 0.15) is 6.92 Å². The third-order valence-electron chi connectivity index (χ3n) is 2.48. The molecule has 0 fully saturated rings. The van der Waals surface area contributed by atoms with Gasteiger partial charge in [-0.2, -0.15) is 0 Å². The zero-order valence-corrected chi connectivity index (χ0v) is 12.3. The van der Waals surface area contributed by atoms with E-state index in [9.17, 15) is 4.79 Å². The van der Waals surface area contributed by atoms with Crippen molar-refractivity contribution in [3.05, 3.63) is 41.8 Å². The lowest BCUT2D eigenvalue weighted by molar-refractivity contribution is -0.115. The highest BCUT2D eigenvalue weighted by atomic mass is 35.5. The van der Waals surface area contributed by atoms with Crippen molar-refractivity contribution in [1.29, 1.82) is 0 Å². The minimum absolute atomic E-state index is 0.158. The molecule has 1 amide bonds. The number of hydrogen-bond donors (Lipinski definition) is 2. The first-order valence-electron chi connectivity index (χ1n) is 5.85. The van der Waals surface area contributed by atoms with Crippen LogP contribution in [0.15, 0.2) is 41.8 Å². The average Bonchev–Trinajstić information content (AvgIpc) is 2.43. The number of amides is 1. The summed E-state index contributed by atoms with van der Waals surface area (Å²) in [5, 5.41) is 3.67. The van der Waals surface area contributed by atoms with Gasteiger partial charge in [-0.25, -0.2) is 4.98 Å². The maximum atomic E-state index is 12.1. The molecular weight excluding hydrogens is 296 g/mol. The topological polar surface area (TPSA) is 80.9 Å². The van der Waals surface area contributed by atoms with Crippen LogP contribution in [0.4, 0.5) is 11.4 Å². The lowest BCUT2D eigenvalue weighted by Gasteiger charge is -2.12. The van der Waals surface area contributed by atoms with Crippen molar-refractivity contribution in [3.63, 3.8) is 0 Å². The van der Waals surface area contributed by atoms with Crippen molar-refractivity contribution >= 4 is 40.6 Å². The number of carbonyl (C=O) groups excluding carboxylic acids is 1. The largest absolute Gasteiger partial charge is 0.397 e. The Hall–Kier alpha value is -1.79. The summed E-state index contributed by atoms with van der Waals surface area (Å²) in [6.07, 6.45) is 4.79. The first-order chi connectivity index (χ1) is 9.56. The Morgan fingerprint density at radius 3 is 2.90 bits per heavy atom. The summed E-state index contributed by atoms with van der Waals surface area (Å²) in [4.78, 5) is 20.2. The van der Waals surface area contributed by atoms with Gasteiger partial charge in [0.15, 0.2) is 0 Å². The van der Waals surface area contributed by atoms with Crippen LogP contribution < -0.4 is 11.1 Å². The standard InChI is InChI=1S/C13H13ClN4OS/c1-8(20-12-7-16-4-5-17-12)13(19)18-11-3-2-9(14)6-10(11)15/h2-8H,15H2,1H3,(H,18,19). The Morgan fingerprint density at radius 2 is 2.25 bits per heavy atom. The normalized spacial score (nSPS) is 11.9. The van der Waals surface area contributed by atoms with Crippen molar-refractivity contribution in [3.8, 4) is 0 Å². The van der Waals surface area contributed by atoms with Crippen LogP contribution in [0.2, 0.25) is 5.02 Å². The second-order valence-corrected chi connectivity index (χ2v) is 5.82. The van der Waals surface area contributed by atoms with Gasteiger partial charge in [-0.15, -0.1) is 0 Å². The maximum Gasteiger partial charge on any atom is 0.237 e. The zero-order valence-electron chi connectivity index (χ0n) is 10.7. The Labute approximate surface area is 126 Å². The molecule has 5 nitrogen and oxygen atoms in total. The van der Waals surface area contributed by atoms with Gasteiger partial charge in [0.05, 0.1) is 22.8 Å². The molecule has 104 valence electrons. The smallest absolute Gasteiger partial charge is 0.237 e. The molecule has 0 aliphatic carbocycles. The highest BCUT2D eigenvalue weighted by molar-refractivity contribution is 8.00. The van der Waals surface area contributed by atoms with Crippen LogP contribution in [-0.4, -0.2) is 21.1 Å². The third-order valence-corrected chi connectivity index (χ3v) is 3.73. The second kappa shape index (κ2) is 6.58. The molecule has 20 heavy (non-hydrogen) atoms. The first-order valence-corrected chi connectivity index (χ1v) is 7.10. The van der Waals surface area contributed by atoms with Gasteiger partial charge in [0.1, 0.15) is 5.03 Å². The number of anilines is 2. The van der Waals surface area contributed by atoms with E-state index in [0.29, 0.717) is 21.4 Å². The van der Waals surface area contributed by atoms with Crippen molar-refractivity contribution < 1.29 is 4.79 Å². The zero-order chi connectivity index (χ0) is 14.5. The monoisotopic (exact) mass is 308 g/mol. The number of aromatic nitrogens is 2. The van der Waals surface area contributed by atoms with E-state index in [1.54, 1.807) is 43.7 Å². The van der Waals surface area contributed by atoms with Crippen LogP contribution in [0.25, 0.3) is 0 Å². The molecule has 0 aliphatic heterocycles. The van der Waals surface area contributed by atoms with Gasteiger partial charge in [-0.3, -0.25) is 9.78 Å². The van der Waals surface area contributed by atoms with E-state index in [-0.39, 0.29) is 11.2 Å². The number of carbonyl (C=O) groups is 1. The predicted molar refractivity (Wildman–Crippen MR) is 81.8 cm³/mol. The number of thioether (sulfide) groups is 1. The lowest BCUT2D eigenvalue weighted by atomic mass is 10.2. The number of rotatable bonds is 4. The Morgan fingerprint density at radius 1 is 1.45 bits per heavy atom. The summed E-state index contributed by atoms with van der Waals surface area (Å²) in [5.74, 6) is -0.158. The molecule has 1 atom stereocenters. The minimum atomic E-state index is -0.318. The molecule has 2 rings (SSSR count). The molecule has 0 bridgehead atoms. The third kappa shape index (κ3) is 3.85. The number of nitrogens with two attached hydrogens (primary N) is 1. The number of nitrogens with one attached hydrogen (secondary N) is 1. The summed E-state index contributed by atoms with van der Waals surface area (Å²) < 4.78 is 0. The van der Waals surface area contributed by atoms with Gasteiger partial charge in [0, 0.05) is 17.4 Å². The fourth-order valence-corrected chi connectivity index (χ4v) is 2.41. The first kappa shape index (κ1) is 14.6. The molecule has 7 heteroatoms. The molecule has 0 aliphatic rings. The summed E-state index contributed by atoms with van der Waals surface area (Å²) in [5.41, 5.74) is 6.77. The molecule has 1 heterocycles. The summed E-state index contributed by atoms with van der Waals surface area (Å²) in [7, 11) is 0. The molecule has 0 radical (unpaired) electrons. The molecule has 1 unspecified atom stereocenters. The number of halogens is 1. The fraction of sp³-hybridized carbons (Fsp3) is 0.154. The van der Waals surface area contributed by atoms with Gasteiger partial charge in [0.25, 0.3) is 0 Å². The minimum Gasteiger partial charge on any atom is -0.397 e. The van der Waals surface area contributed by atoms with Crippen LogP contribution in [0.3, 0.4) is 0 Å². The number of benzene rings is 1. The lowest BCUT2D eigenvalue weighted by Crippen LogP contribution is -2.23. The predicted octanol–water partition coefficient (Wildman–Crippen LogP) is 2.83. The fourth-order valence-electron chi connectivity index (χ4n) is 1.46. The van der Waals surface area contributed by atoms with E-state index in [1.807, 2.05) is 0 Å². The van der Waals surface area contributed by atoms with E-state index in [2.05, 4.69) is 15.3 Å². The van der Waals surface area contributed by atoms with Crippen molar-refractivity contribution in [2.45, 2.75) is 17.2 Å². The molecule has 1 aromatic carbocycles. The number of nitrogen functional groups attached to an aromatic ring is 1. The quantitative estimate of drug-likeness (QED) is 0.670. The number of nitrogens with zero attached hydrogens (tertiary/aromatic N) is 2. The van der Waals surface area contributed by atoms with E-state index < -0.39 is 0 Å². The highest BCUT2D eigenvalue weighted by Gasteiger charge is 2.16. The summed E-state index contributed by atoms with van der Waals surface area (Å²) in [6, 6.07) is 4.95. The summed E-state index contributed by atoms with van der Waals surface area (Å²) >= 11 is 7.14. The van der Waals surface area contributed by atoms with Crippen LogP contribution in [-0.2, 0) is 4.79 Å². The molecule has 1 aromatic heterocycles. The van der Waals surface area contributed by atoms with Crippen molar-refractivity contribution in [1.82, 2.24) is 9.97 Å². The van der Waals surface area contributed by atoms with Crippen LogP contribution >= 0.6 is 23.4 Å². The van der Waals surface area contributed by atoms with Gasteiger partial charge in [-0.1, -0.05) is 23.4 Å². The number of hydrogen-bond acceptors (Lipinski definition) is 5. The molecule has 2 aromatic rings. The molecule has 0 saturated carbocycles. The Bertz CT molecular complexity index is 609.